The number of hydrogen-bond acceptors (Lipinski definition) is 9. The molecule has 2 saturated heterocycles. The fourth-order valence-electron chi connectivity index (χ4n) is 4.77. The minimum Gasteiger partial charge on any atom is -0.479 e. The van der Waals surface area contributed by atoms with Gasteiger partial charge in [-0.2, -0.15) is 0 Å². The Hall–Kier alpha value is -2.86. The van der Waals surface area contributed by atoms with Gasteiger partial charge in [-0.05, 0) is 29.7 Å². The van der Waals surface area contributed by atoms with Gasteiger partial charge < -0.3 is 34.8 Å². The highest BCUT2D eigenvalue weighted by molar-refractivity contribution is 5.78. The quantitative estimate of drug-likeness (QED) is 0.490. The maximum atomic E-state index is 12.8. The van der Waals surface area contributed by atoms with Crippen LogP contribution in [0.5, 0.6) is 0 Å². The number of carboxylic acids is 1. The molecule has 1 aromatic heterocycles. The predicted molar refractivity (Wildman–Crippen MR) is 102 cm³/mol. The molecule has 2 aromatic rings. The summed E-state index contributed by atoms with van der Waals surface area (Å²) < 4.78 is 10.2. The zero-order chi connectivity index (χ0) is 21.9. The Morgan fingerprint density at radius 1 is 0.968 bits per heavy atom. The molecule has 164 valence electrons. The van der Waals surface area contributed by atoms with E-state index in [1.54, 1.807) is 12.4 Å². The largest absolute Gasteiger partial charge is 0.479 e. The van der Waals surface area contributed by atoms with E-state index in [0.717, 1.165) is 28.6 Å². The number of fused-ring (bicyclic) bond motifs is 6. The third kappa shape index (κ3) is 3.30. The average Bonchev–Trinajstić information content (AvgIpc) is 3.01. The van der Waals surface area contributed by atoms with Crippen molar-refractivity contribution in [3.8, 4) is 0 Å². The first-order valence-electron chi connectivity index (χ1n) is 9.96. The van der Waals surface area contributed by atoms with Gasteiger partial charge in [0.15, 0.2) is 6.10 Å². The van der Waals surface area contributed by atoms with Crippen LogP contribution in [-0.4, -0.2) is 91.2 Å². The molecule has 1 amide bonds. The van der Waals surface area contributed by atoms with Crippen molar-refractivity contribution in [3.63, 3.8) is 0 Å². The van der Waals surface area contributed by atoms with E-state index in [0.29, 0.717) is 13.1 Å². The number of aliphatic hydroxyl groups is 3. The Labute approximate surface area is 175 Å². The summed E-state index contributed by atoms with van der Waals surface area (Å²) in [6, 6.07) is 4.00. The standard InChI is InChI=1S/C20H21N3O8/c24-14-15(25)17(18(27)28)30-19(16(14)26)31-20(29)23-6-8-3-9(7-23)11-5-13-12(4-10(8)11)21-1-2-22-13/h1-2,4-5,8-9,14-17,19,24-26H,3,6-7H2,(H,27,28). The van der Waals surface area contributed by atoms with Gasteiger partial charge >= 0.3 is 12.1 Å². The molecular formula is C20H21N3O8. The van der Waals surface area contributed by atoms with Crippen molar-refractivity contribution in [2.75, 3.05) is 13.1 Å². The number of carbonyl (C=O) groups is 2. The number of hydrogen-bond donors (Lipinski definition) is 4. The minimum absolute atomic E-state index is 0.0871. The molecule has 2 fully saturated rings. The molecule has 31 heavy (non-hydrogen) atoms. The highest BCUT2D eigenvalue weighted by Crippen LogP contribution is 2.47. The van der Waals surface area contributed by atoms with Crippen molar-refractivity contribution in [1.82, 2.24) is 14.9 Å². The van der Waals surface area contributed by atoms with E-state index in [2.05, 4.69) is 9.97 Å². The number of carbonyl (C=O) groups excluding carboxylic acids is 1. The van der Waals surface area contributed by atoms with Crippen molar-refractivity contribution in [3.05, 3.63) is 35.7 Å². The number of benzene rings is 1. The zero-order valence-electron chi connectivity index (χ0n) is 16.2. The molecule has 7 unspecified atom stereocenters. The fraction of sp³-hybridized carbons (Fsp3) is 0.500. The van der Waals surface area contributed by atoms with E-state index in [4.69, 9.17) is 14.6 Å². The molecule has 11 heteroatoms. The van der Waals surface area contributed by atoms with Crippen LogP contribution in [0, 0.1) is 0 Å². The predicted octanol–water partition coefficient (Wildman–Crippen LogP) is -0.455. The maximum absolute atomic E-state index is 12.8. The van der Waals surface area contributed by atoms with Crippen molar-refractivity contribution in [1.29, 1.82) is 0 Å². The van der Waals surface area contributed by atoms with Crippen molar-refractivity contribution in [2.24, 2.45) is 0 Å². The molecule has 11 nitrogen and oxygen atoms in total. The zero-order valence-corrected chi connectivity index (χ0v) is 16.2. The summed E-state index contributed by atoms with van der Waals surface area (Å²) in [7, 11) is 0. The lowest BCUT2D eigenvalue weighted by molar-refractivity contribution is -0.280. The van der Waals surface area contributed by atoms with E-state index < -0.39 is 42.8 Å². The van der Waals surface area contributed by atoms with Crippen LogP contribution in [0.1, 0.15) is 29.4 Å². The number of piperidine rings is 1. The van der Waals surface area contributed by atoms with E-state index in [9.17, 15) is 24.9 Å². The summed E-state index contributed by atoms with van der Waals surface area (Å²) in [5.74, 6) is -1.37. The van der Waals surface area contributed by atoms with E-state index in [1.165, 1.54) is 4.90 Å². The van der Waals surface area contributed by atoms with Crippen LogP contribution in [0.15, 0.2) is 24.5 Å². The van der Waals surface area contributed by atoms with E-state index >= 15 is 0 Å². The number of likely N-dealkylation sites (tertiary alicyclic amines) is 1. The van der Waals surface area contributed by atoms with E-state index in [1.807, 2.05) is 12.1 Å². The van der Waals surface area contributed by atoms with Crippen LogP contribution in [0.2, 0.25) is 0 Å². The van der Waals surface area contributed by atoms with Crippen molar-refractivity contribution < 1.29 is 39.5 Å². The summed E-state index contributed by atoms with van der Waals surface area (Å²) in [6.07, 6.45) is -5.66. The molecule has 1 aromatic carbocycles. The topological polar surface area (TPSA) is 163 Å². The van der Waals surface area contributed by atoms with Gasteiger partial charge in [0, 0.05) is 37.3 Å². The van der Waals surface area contributed by atoms with Crippen LogP contribution in [0.3, 0.4) is 0 Å². The van der Waals surface area contributed by atoms with Crippen LogP contribution < -0.4 is 0 Å². The van der Waals surface area contributed by atoms with Crippen molar-refractivity contribution >= 4 is 23.1 Å². The van der Waals surface area contributed by atoms with Gasteiger partial charge in [0.2, 0.25) is 6.29 Å². The van der Waals surface area contributed by atoms with Crippen LogP contribution >= 0.6 is 0 Å². The number of aromatic nitrogens is 2. The Bertz CT molecular complexity index is 998. The number of aliphatic carboxylic acids is 1. The molecule has 0 spiro atoms. The molecule has 0 radical (unpaired) electrons. The number of rotatable bonds is 2. The number of carboxylic acid groups (broad SMARTS) is 1. The maximum Gasteiger partial charge on any atom is 0.412 e. The Kier molecular flexibility index (Phi) is 4.77. The molecule has 2 bridgehead atoms. The lowest BCUT2D eigenvalue weighted by Crippen LogP contribution is -2.61. The lowest BCUT2D eigenvalue weighted by Gasteiger charge is -2.39. The van der Waals surface area contributed by atoms with Gasteiger partial charge in [0.05, 0.1) is 11.0 Å². The van der Waals surface area contributed by atoms with Crippen LogP contribution in [0.4, 0.5) is 4.79 Å². The molecule has 4 N–H and O–H groups in total. The highest BCUT2D eigenvalue weighted by Gasteiger charge is 2.49. The van der Waals surface area contributed by atoms with Gasteiger partial charge in [-0.3, -0.25) is 9.97 Å². The van der Waals surface area contributed by atoms with E-state index in [-0.39, 0.29) is 11.8 Å². The molecule has 1 aliphatic carbocycles. The minimum atomic E-state index is -1.85. The third-order valence-corrected chi connectivity index (χ3v) is 6.29. The summed E-state index contributed by atoms with van der Waals surface area (Å²) in [5.41, 5.74) is 3.81. The smallest absolute Gasteiger partial charge is 0.412 e. The molecule has 0 saturated carbocycles. The second-order valence-electron chi connectivity index (χ2n) is 8.18. The molecule has 5 rings (SSSR count). The average molecular weight is 431 g/mol. The lowest BCUT2D eigenvalue weighted by atomic mass is 9.96. The highest BCUT2D eigenvalue weighted by atomic mass is 16.7. The van der Waals surface area contributed by atoms with Gasteiger partial charge in [-0.1, -0.05) is 0 Å². The summed E-state index contributed by atoms with van der Waals surface area (Å²) in [6.45, 7) is 0.759. The van der Waals surface area contributed by atoms with Crippen LogP contribution in [-0.2, 0) is 14.3 Å². The van der Waals surface area contributed by atoms with Gasteiger partial charge in [-0.15, -0.1) is 0 Å². The Balaban J connectivity index is 1.32. The Morgan fingerprint density at radius 2 is 1.55 bits per heavy atom. The van der Waals surface area contributed by atoms with Crippen molar-refractivity contribution in [2.45, 2.75) is 49.0 Å². The first-order chi connectivity index (χ1) is 14.8. The normalized spacial score (nSPS) is 34.4. The molecular weight excluding hydrogens is 410 g/mol. The van der Waals surface area contributed by atoms with Gasteiger partial charge in [-0.25, -0.2) is 9.59 Å². The number of ether oxygens (including phenoxy) is 2. The second kappa shape index (κ2) is 7.38. The third-order valence-electron chi connectivity index (χ3n) is 6.29. The molecule has 7 atom stereocenters. The summed E-state index contributed by atoms with van der Waals surface area (Å²) in [4.78, 5) is 34.2. The number of nitrogens with zero attached hydrogens (tertiary/aromatic N) is 3. The Morgan fingerprint density at radius 3 is 2.10 bits per heavy atom. The molecule has 3 aliphatic rings. The first kappa shape index (κ1) is 20.1. The summed E-state index contributed by atoms with van der Waals surface area (Å²) in [5, 5.41) is 38.9. The van der Waals surface area contributed by atoms with Gasteiger partial charge in [0.1, 0.15) is 18.3 Å². The second-order valence-corrected chi connectivity index (χ2v) is 8.18. The monoisotopic (exact) mass is 431 g/mol. The molecule has 3 heterocycles. The van der Waals surface area contributed by atoms with Gasteiger partial charge in [0.25, 0.3) is 0 Å². The number of aliphatic hydroxyl groups excluding tert-OH is 3. The SMILES string of the molecule is O=C(O)C1OC(OC(=O)N2CC3CC(C2)c2cc4nccnc4cc23)C(O)C(O)C1O. The molecule has 2 aliphatic heterocycles. The summed E-state index contributed by atoms with van der Waals surface area (Å²) >= 11 is 0. The number of amides is 1. The van der Waals surface area contributed by atoms with Crippen LogP contribution in [0.25, 0.3) is 11.0 Å². The fourth-order valence-corrected chi connectivity index (χ4v) is 4.77. The first-order valence-corrected chi connectivity index (χ1v) is 9.96.